The number of ether oxygens (including phenoxy) is 1. The van der Waals surface area contributed by atoms with Crippen LogP contribution in [-0.4, -0.2) is 28.9 Å². The number of fused-ring (bicyclic) bond motifs is 1. The van der Waals surface area contributed by atoms with Gasteiger partial charge in [0.25, 0.3) is 5.91 Å². The van der Waals surface area contributed by atoms with Crippen molar-refractivity contribution < 1.29 is 27.5 Å². The van der Waals surface area contributed by atoms with E-state index in [2.05, 4.69) is 0 Å². The molecule has 1 aliphatic carbocycles. The van der Waals surface area contributed by atoms with Crippen molar-refractivity contribution in [2.75, 3.05) is 0 Å². The first-order chi connectivity index (χ1) is 14.0. The summed E-state index contributed by atoms with van der Waals surface area (Å²) in [7, 11) is 0. The van der Waals surface area contributed by atoms with Gasteiger partial charge in [-0.3, -0.25) is 9.59 Å². The van der Waals surface area contributed by atoms with E-state index in [0.29, 0.717) is 18.6 Å². The minimum atomic E-state index is -1.07. The molecule has 150 valence electrons. The summed E-state index contributed by atoms with van der Waals surface area (Å²) < 4.78 is 40.0. The lowest BCUT2D eigenvalue weighted by Gasteiger charge is -2.36. The maximum absolute atomic E-state index is 14.7. The van der Waals surface area contributed by atoms with E-state index in [-0.39, 0.29) is 35.6 Å². The van der Waals surface area contributed by atoms with Crippen LogP contribution in [0.2, 0.25) is 0 Å². The summed E-state index contributed by atoms with van der Waals surface area (Å²) in [6.45, 7) is 0.0650. The van der Waals surface area contributed by atoms with Crippen LogP contribution in [0.5, 0.6) is 0 Å². The molecular formula is C22H19F2NO4. The number of Topliss-reactive ketones (excluding diaryl/α,β-unsaturated/α-hetero) is 1. The second-order valence-electron chi connectivity index (χ2n) is 7.72. The zero-order chi connectivity index (χ0) is 20.1. The monoisotopic (exact) mass is 399 g/mol. The Hall–Kier alpha value is -2.96. The van der Waals surface area contributed by atoms with Crippen LogP contribution in [0.4, 0.5) is 8.78 Å². The topological polar surface area (TPSA) is 59.8 Å². The number of amides is 1. The molecule has 5 nitrogen and oxygen atoms in total. The Morgan fingerprint density at radius 2 is 1.93 bits per heavy atom. The van der Waals surface area contributed by atoms with Crippen LogP contribution in [0, 0.1) is 11.7 Å². The highest BCUT2D eigenvalue weighted by Crippen LogP contribution is 2.47. The third kappa shape index (κ3) is 2.87. The first-order valence-electron chi connectivity index (χ1n) is 9.71. The van der Waals surface area contributed by atoms with Crippen molar-refractivity contribution in [2.45, 2.75) is 44.1 Å². The predicted molar refractivity (Wildman–Crippen MR) is 97.5 cm³/mol. The van der Waals surface area contributed by atoms with Crippen LogP contribution < -0.4 is 0 Å². The van der Waals surface area contributed by atoms with Gasteiger partial charge in [-0.2, -0.15) is 0 Å². The normalized spacial score (nSPS) is 29.0. The molecule has 1 saturated carbocycles. The molecule has 4 atom stereocenters. The van der Waals surface area contributed by atoms with Gasteiger partial charge < -0.3 is 14.1 Å². The molecule has 5 rings (SSSR count). The second kappa shape index (κ2) is 6.83. The van der Waals surface area contributed by atoms with Gasteiger partial charge in [-0.1, -0.05) is 18.2 Å². The lowest BCUT2D eigenvalue weighted by Crippen LogP contribution is -2.42. The van der Waals surface area contributed by atoms with E-state index in [9.17, 15) is 18.4 Å². The fraction of sp³-hybridized carbons (Fsp3) is 0.364. The smallest absolute Gasteiger partial charge is 0.290 e. The average molecular weight is 399 g/mol. The second-order valence-corrected chi connectivity index (χ2v) is 7.72. The number of carbonyl (C=O) groups excluding carboxylic acids is 2. The van der Waals surface area contributed by atoms with Gasteiger partial charge >= 0.3 is 0 Å². The number of carbonyl (C=O) groups is 2. The van der Waals surface area contributed by atoms with E-state index in [1.165, 1.54) is 17.2 Å². The molecule has 0 saturated heterocycles. The number of benzene rings is 1. The summed E-state index contributed by atoms with van der Waals surface area (Å²) in [4.78, 5) is 27.9. The quantitative estimate of drug-likeness (QED) is 0.786. The maximum Gasteiger partial charge on any atom is 0.290 e. The first kappa shape index (κ1) is 18.1. The van der Waals surface area contributed by atoms with Gasteiger partial charge in [-0.15, -0.1) is 0 Å². The van der Waals surface area contributed by atoms with Crippen LogP contribution in [0.1, 0.15) is 36.6 Å². The number of alkyl halides is 1. The van der Waals surface area contributed by atoms with Crippen molar-refractivity contribution in [1.82, 2.24) is 4.90 Å². The molecule has 0 radical (unpaired) electrons. The van der Waals surface area contributed by atoms with Gasteiger partial charge in [0.2, 0.25) is 0 Å². The van der Waals surface area contributed by atoms with E-state index in [1.807, 2.05) is 0 Å². The molecule has 1 aromatic heterocycles. The lowest BCUT2D eigenvalue weighted by atomic mass is 9.77. The van der Waals surface area contributed by atoms with Crippen molar-refractivity contribution in [3.63, 3.8) is 0 Å². The number of ketones is 1. The molecule has 0 spiro atoms. The minimum Gasteiger partial charge on any atom is -0.483 e. The molecule has 0 bridgehead atoms. The molecule has 0 N–H and O–H groups in total. The summed E-state index contributed by atoms with van der Waals surface area (Å²) in [5, 5.41) is 0. The predicted octanol–water partition coefficient (Wildman–Crippen LogP) is 3.86. The highest BCUT2D eigenvalue weighted by molar-refractivity contribution is 6.11. The summed E-state index contributed by atoms with van der Waals surface area (Å²) in [6.07, 6.45) is 0.647. The summed E-state index contributed by atoms with van der Waals surface area (Å²) in [5.74, 6) is -1.49. The zero-order valence-electron chi connectivity index (χ0n) is 15.5. The summed E-state index contributed by atoms with van der Waals surface area (Å²) in [6, 6.07) is 8.51. The van der Waals surface area contributed by atoms with E-state index in [0.717, 1.165) is 0 Å². The molecule has 3 heterocycles. The maximum atomic E-state index is 14.7. The molecule has 1 aromatic carbocycles. The molecule has 2 aromatic rings. The number of hydrogen-bond acceptors (Lipinski definition) is 4. The molecule has 2 aliphatic heterocycles. The van der Waals surface area contributed by atoms with Crippen LogP contribution >= 0.6 is 0 Å². The van der Waals surface area contributed by atoms with E-state index < -0.39 is 36.0 Å². The van der Waals surface area contributed by atoms with Crippen molar-refractivity contribution in [1.29, 1.82) is 0 Å². The third-order valence-electron chi connectivity index (χ3n) is 5.99. The van der Waals surface area contributed by atoms with E-state index in [4.69, 9.17) is 9.15 Å². The van der Waals surface area contributed by atoms with Crippen LogP contribution in [-0.2, 0) is 20.9 Å². The Kier molecular flexibility index (Phi) is 4.26. The summed E-state index contributed by atoms with van der Waals surface area (Å²) >= 11 is 0. The number of nitrogens with zero attached hydrogens (tertiary/aromatic N) is 1. The largest absolute Gasteiger partial charge is 0.483 e. The van der Waals surface area contributed by atoms with Crippen molar-refractivity contribution in [2.24, 2.45) is 5.92 Å². The van der Waals surface area contributed by atoms with Crippen molar-refractivity contribution in [3.8, 4) is 0 Å². The molecule has 29 heavy (non-hydrogen) atoms. The number of hydrogen-bond donors (Lipinski definition) is 0. The number of rotatable bonds is 3. The van der Waals surface area contributed by atoms with Crippen molar-refractivity contribution >= 4 is 11.7 Å². The Morgan fingerprint density at radius 1 is 1.10 bits per heavy atom. The zero-order valence-corrected chi connectivity index (χ0v) is 15.5. The van der Waals surface area contributed by atoms with E-state index >= 15 is 0 Å². The Morgan fingerprint density at radius 3 is 2.69 bits per heavy atom. The first-order valence-corrected chi connectivity index (χ1v) is 9.71. The molecule has 3 aliphatic rings. The SMILES string of the molecule is O=C1C2=C(OC3CCC(F)CC13)C(=O)N(Cc1ccco1)C2c1ccccc1F. The fourth-order valence-electron chi connectivity index (χ4n) is 4.62. The van der Waals surface area contributed by atoms with Gasteiger partial charge in [0.1, 0.15) is 23.9 Å². The standard InChI is InChI=1S/C22H19F2NO4/c23-12-7-8-17-15(10-12)20(26)18-19(14-5-1-2-6-16(14)24)25(22(27)21(18)29-17)11-13-4-3-9-28-13/h1-6,9,12,15,17,19H,7-8,10-11H2. The average Bonchev–Trinajstić information content (AvgIpc) is 3.31. The number of halogens is 2. The minimum absolute atomic E-state index is 0.0339. The fourth-order valence-corrected chi connectivity index (χ4v) is 4.62. The third-order valence-corrected chi connectivity index (χ3v) is 5.99. The highest BCUT2D eigenvalue weighted by Gasteiger charge is 2.53. The Labute approximate surface area is 165 Å². The molecule has 1 fully saturated rings. The molecule has 1 amide bonds. The van der Waals surface area contributed by atoms with Gasteiger partial charge in [-0.25, -0.2) is 8.78 Å². The Balaban J connectivity index is 1.60. The summed E-state index contributed by atoms with van der Waals surface area (Å²) in [5.41, 5.74) is 0.336. The Bertz CT molecular complexity index is 1000. The lowest BCUT2D eigenvalue weighted by molar-refractivity contribution is -0.136. The number of furan rings is 1. The van der Waals surface area contributed by atoms with Gasteiger partial charge in [0, 0.05) is 5.56 Å². The van der Waals surface area contributed by atoms with Gasteiger partial charge in [0.05, 0.1) is 30.3 Å². The van der Waals surface area contributed by atoms with Crippen molar-refractivity contribution in [3.05, 3.63) is 71.1 Å². The van der Waals surface area contributed by atoms with Gasteiger partial charge in [-0.05, 0) is 37.5 Å². The molecule has 7 heteroatoms. The molecule has 4 unspecified atom stereocenters. The van der Waals surface area contributed by atoms with E-state index in [1.54, 1.807) is 30.3 Å². The van der Waals surface area contributed by atoms with Crippen LogP contribution in [0.25, 0.3) is 0 Å². The van der Waals surface area contributed by atoms with Crippen LogP contribution in [0.3, 0.4) is 0 Å². The molecular weight excluding hydrogens is 380 g/mol. The highest BCUT2D eigenvalue weighted by atomic mass is 19.1. The van der Waals surface area contributed by atoms with Gasteiger partial charge in [0.15, 0.2) is 11.5 Å². The van der Waals surface area contributed by atoms with Crippen LogP contribution in [0.15, 0.2) is 58.4 Å².